The second kappa shape index (κ2) is 7.43. The second-order valence-electron chi connectivity index (χ2n) is 4.67. The van der Waals surface area contributed by atoms with E-state index in [9.17, 15) is 9.59 Å². The monoisotopic (exact) mass is 241 g/mol. The van der Waals surface area contributed by atoms with Crippen LogP contribution < -0.4 is 0 Å². The van der Waals surface area contributed by atoms with Crippen molar-refractivity contribution in [3.63, 3.8) is 0 Å². The maximum absolute atomic E-state index is 11.6. The molecule has 1 rings (SSSR count). The van der Waals surface area contributed by atoms with Gasteiger partial charge in [0.1, 0.15) is 5.78 Å². The number of hydrogen-bond acceptors (Lipinski definition) is 4. The highest BCUT2D eigenvalue weighted by molar-refractivity contribution is 5.82. The maximum Gasteiger partial charge on any atom is 0.320 e. The van der Waals surface area contributed by atoms with Crippen LogP contribution in [-0.2, 0) is 14.3 Å². The van der Waals surface area contributed by atoms with Gasteiger partial charge in [0.05, 0.1) is 19.2 Å². The van der Waals surface area contributed by atoms with Gasteiger partial charge in [0.25, 0.3) is 0 Å². The summed E-state index contributed by atoms with van der Waals surface area (Å²) in [4.78, 5) is 25.0. The number of carbonyl (C=O) groups excluding carboxylic acids is 2. The number of rotatable bonds is 6. The van der Waals surface area contributed by atoms with Crippen LogP contribution in [0.5, 0.6) is 0 Å². The molecule has 0 bridgehead atoms. The smallest absolute Gasteiger partial charge is 0.320 e. The van der Waals surface area contributed by atoms with Crippen molar-refractivity contribution in [1.29, 1.82) is 0 Å². The third-order valence-electron chi connectivity index (χ3n) is 3.18. The van der Waals surface area contributed by atoms with Gasteiger partial charge < -0.3 is 4.74 Å². The third kappa shape index (κ3) is 4.86. The van der Waals surface area contributed by atoms with Crippen molar-refractivity contribution in [2.75, 3.05) is 19.7 Å². The summed E-state index contributed by atoms with van der Waals surface area (Å²) in [6.45, 7) is 5.24. The predicted octanol–water partition coefficient (Wildman–Crippen LogP) is 1.77. The van der Waals surface area contributed by atoms with Crippen molar-refractivity contribution in [3.8, 4) is 0 Å². The molecule has 4 heteroatoms. The molecule has 0 radical (unpaired) electrons. The zero-order chi connectivity index (χ0) is 12.7. The lowest BCUT2D eigenvalue weighted by atomic mass is 9.99. The standard InChI is InChI=1S/C13H23NO3/c1-3-4-9-17-13(16)10-14-8-6-5-7-12(14)11(2)15/h12H,3-10H2,1-2H3. The highest BCUT2D eigenvalue weighted by atomic mass is 16.5. The Morgan fingerprint density at radius 2 is 2.12 bits per heavy atom. The molecule has 17 heavy (non-hydrogen) atoms. The molecule has 0 aromatic heterocycles. The van der Waals surface area contributed by atoms with Gasteiger partial charge in [-0.2, -0.15) is 0 Å². The number of unbranched alkanes of at least 4 members (excludes halogenated alkanes) is 1. The minimum Gasteiger partial charge on any atom is -0.465 e. The SMILES string of the molecule is CCCCOC(=O)CN1CCCCC1C(C)=O. The fourth-order valence-electron chi connectivity index (χ4n) is 2.18. The van der Waals surface area contributed by atoms with Gasteiger partial charge in [-0.05, 0) is 32.7 Å². The van der Waals surface area contributed by atoms with Gasteiger partial charge in [-0.25, -0.2) is 0 Å². The molecule has 1 aliphatic heterocycles. The van der Waals surface area contributed by atoms with Gasteiger partial charge in [-0.3, -0.25) is 14.5 Å². The first-order valence-electron chi connectivity index (χ1n) is 6.55. The van der Waals surface area contributed by atoms with E-state index in [4.69, 9.17) is 4.74 Å². The molecule has 0 aromatic rings. The van der Waals surface area contributed by atoms with Crippen LogP contribution in [-0.4, -0.2) is 42.4 Å². The van der Waals surface area contributed by atoms with Crippen LogP contribution in [0.15, 0.2) is 0 Å². The summed E-state index contributed by atoms with van der Waals surface area (Å²) in [5, 5.41) is 0. The molecule has 0 spiro atoms. The Morgan fingerprint density at radius 3 is 2.76 bits per heavy atom. The Morgan fingerprint density at radius 1 is 1.35 bits per heavy atom. The van der Waals surface area contributed by atoms with Gasteiger partial charge in [0, 0.05) is 0 Å². The van der Waals surface area contributed by atoms with Gasteiger partial charge in [0.2, 0.25) is 0 Å². The van der Waals surface area contributed by atoms with E-state index in [2.05, 4.69) is 6.92 Å². The minimum absolute atomic E-state index is 0.0810. The van der Waals surface area contributed by atoms with E-state index < -0.39 is 0 Å². The van der Waals surface area contributed by atoms with Crippen LogP contribution in [0, 0.1) is 0 Å². The van der Waals surface area contributed by atoms with Crippen molar-refractivity contribution in [2.24, 2.45) is 0 Å². The zero-order valence-corrected chi connectivity index (χ0v) is 10.9. The van der Waals surface area contributed by atoms with E-state index in [-0.39, 0.29) is 24.3 Å². The number of hydrogen-bond donors (Lipinski definition) is 0. The second-order valence-corrected chi connectivity index (χ2v) is 4.67. The summed E-state index contributed by atoms with van der Waals surface area (Å²) < 4.78 is 5.12. The third-order valence-corrected chi connectivity index (χ3v) is 3.18. The van der Waals surface area contributed by atoms with Crippen LogP contribution in [0.2, 0.25) is 0 Å². The van der Waals surface area contributed by atoms with Gasteiger partial charge in [-0.15, -0.1) is 0 Å². The summed E-state index contributed by atoms with van der Waals surface area (Å²) in [6.07, 6.45) is 4.93. The van der Waals surface area contributed by atoms with Crippen LogP contribution in [0.25, 0.3) is 0 Å². The fraction of sp³-hybridized carbons (Fsp3) is 0.846. The summed E-state index contributed by atoms with van der Waals surface area (Å²) >= 11 is 0. The Bertz CT molecular complexity index is 265. The molecule has 1 heterocycles. The molecule has 4 nitrogen and oxygen atoms in total. The fourth-order valence-corrected chi connectivity index (χ4v) is 2.18. The molecule has 1 atom stereocenters. The topological polar surface area (TPSA) is 46.6 Å². The lowest BCUT2D eigenvalue weighted by molar-refractivity contribution is -0.146. The molecule has 0 amide bonds. The van der Waals surface area contributed by atoms with Crippen LogP contribution >= 0.6 is 0 Å². The molecule has 0 saturated carbocycles. The normalized spacial score (nSPS) is 21.2. The van der Waals surface area contributed by atoms with E-state index in [1.54, 1.807) is 6.92 Å². The van der Waals surface area contributed by atoms with E-state index in [0.717, 1.165) is 38.6 Å². The Hall–Kier alpha value is -0.900. The van der Waals surface area contributed by atoms with Crippen molar-refractivity contribution in [3.05, 3.63) is 0 Å². The van der Waals surface area contributed by atoms with E-state index in [0.29, 0.717) is 6.61 Å². The lowest BCUT2D eigenvalue weighted by Crippen LogP contribution is -2.46. The molecule has 0 N–H and O–H groups in total. The molecular formula is C13H23NO3. The number of esters is 1. The number of piperidine rings is 1. The highest BCUT2D eigenvalue weighted by Gasteiger charge is 2.27. The van der Waals surface area contributed by atoms with Gasteiger partial charge in [-0.1, -0.05) is 19.8 Å². The summed E-state index contributed by atoms with van der Waals surface area (Å²) in [5.74, 6) is -0.0438. The first-order valence-corrected chi connectivity index (χ1v) is 6.55. The largest absolute Gasteiger partial charge is 0.465 e. The molecule has 1 fully saturated rings. The van der Waals surface area contributed by atoms with Gasteiger partial charge >= 0.3 is 5.97 Å². The number of likely N-dealkylation sites (tertiary alicyclic amines) is 1. The van der Waals surface area contributed by atoms with Crippen LogP contribution in [0.3, 0.4) is 0 Å². The number of nitrogens with zero attached hydrogens (tertiary/aromatic N) is 1. The molecule has 0 aromatic carbocycles. The molecule has 98 valence electrons. The summed E-state index contributed by atoms with van der Waals surface area (Å²) in [6, 6.07) is -0.0810. The Balaban J connectivity index is 2.36. The number of Topliss-reactive ketones (excluding diaryl/α,β-unsaturated/α-hetero) is 1. The molecule has 1 saturated heterocycles. The van der Waals surface area contributed by atoms with Gasteiger partial charge in [0.15, 0.2) is 0 Å². The number of ketones is 1. The van der Waals surface area contributed by atoms with Crippen LogP contribution in [0.1, 0.15) is 46.0 Å². The first kappa shape index (κ1) is 14.2. The molecule has 1 unspecified atom stereocenters. The Labute approximate surface area is 103 Å². The summed E-state index contributed by atoms with van der Waals surface area (Å²) in [7, 11) is 0. The zero-order valence-electron chi connectivity index (χ0n) is 10.9. The number of carbonyl (C=O) groups is 2. The molecular weight excluding hydrogens is 218 g/mol. The van der Waals surface area contributed by atoms with Crippen molar-refractivity contribution in [1.82, 2.24) is 4.90 Å². The quantitative estimate of drug-likeness (QED) is 0.525. The first-order chi connectivity index (χ1) is 8.15. The maximum atomic E-state index is 11.6. The Kier molecular flexibility index (Phi) is 6.19. The average molecular weight is 241 g/mol. The van der Waals surface area contributed by atoms with Crippen molar-refractivity contribution < 1.29 is 14.3 Å². The average Bonchev–Trinajstić information content (AvgIpc) is 2.29. The number of ether oxygens (including phenoxy) is 1. The van der Waals surface area contributed by atoms with E-state index >= 15 is 0 Å². The predicted molar refractivity (Wildman–Crippen MR) is 65.8 cm³/mol. The van der Waals surface area contributed by atoms with Crippen molar-refractivity contribution in [2.45, 2.75) is 52.0 Å². The molecule has 1 aliphatic rings. The van der Waals surface area contributed by atoms with E-state index in [1.165, 1.54) is 0 Å². The minimum atomic E-state index is -0.202. The van der Waals surface area contributed by atoms with E-state index in [1.807, 2.05) is 4.90 Å². The van der Waals surface area contributed by atoms with Crippen LogP contribution in [0.4, 0.5) is 0 Å². The molecule has 0 aliphatic carbocycles. The highest BCUT2D eigenvalue weighted by Crippen LogP contribution is 2.17. The lowest BCUT2D eigenvalue weighted by Gasteiger charge is -2.33. The van der Waals surface area contributed by atoms with Crippen molar-refractivity contribution >= 4 is 11.8 Å². The summed E-state index contributed by atoms with van der Waals surface area (Å²) in [5.41, 5.74) is 0.